The van der Waals surface area contributed by atoms with Gasteiger partial charge in [-0.25, -0.2) is 4.98 Å². The predicted molar refractivity (Wildman–Crippen MR) is 123 cm³/mol. The zero-order valence-electron chi connectivity index (χ0n) is 18.7. The lowest BCUT2D eigenvalue weighted by Crippen LogP contribution is -2.39. The van der Waals surface area contributed by atoms with Gasteiger partial charge in [0.1, 0.15) is 17.6 Å². The number of methoxy groups -OCH3 is 1. The SMILES string of the molecule is CCN1CC(Oc2cc(-c3ccccc3)nc3cc(OC)ccc23)CC1C(C)(C)C. The summed E-state index contributed by atoms with van der Waals surface area (Å²) < 4.78 is 12.1. The molecule has 1 aliphatic rings. The Labute approximate surface area is 179 Å². The Morgan fingerprint density at radius 1 is 1.07 bits per heavy atom. The number of hydrogen-bond donors (Lipinski definition) is 0. The lowest BCUT2D eigenvalue weighted by molar-refractivity contribution is 0.147. The molecule has 0 radical (unpaired) electrons. The second kappa shape index (κ2) is 8.27. The second-order valence-corrected chi connectivity index (χ2v) is 9.20. The highest BCUT2D eigenvalue weighted by Crippen LogP contribution is 2.37. The highest BCUT2D eigenvalue weighted by atomic mass is 16.5. The van der Waals surface area contributed by atoms with Crippen molar-refractivity contribution in [3.63, 3.8) is 0 Å². The number of pyridine rings is 1. The summed E-state index contributed by atoms with van der Waals surface area (Å²) in [7, 11) is 1.68. The Bertz CT molecular complexity index is 1010. The monoisotopic (exact) mass is 404 g/mol. The van der Waals surface area contributed by atoms with Crippen LogP contribution in [0.4, 0.5) is 0 Å². The van der Waals surface area contributed by atoms with Gasteiger partial charge in [0, 0.05) is 42.1 Å². The fraction of sp³-hybridized carbons (Fsp3) is 0.423. The van der Waals surface area contributed by atoms with Gasteiger partial charge >= 0.3 is 0 Å². The van der Waals surface area contributed by atoms with Crippen LogP contribution in [0.15, 0.2) is 54.6 Å². The summed E-state index contributed by atoms with van der Waals surface area (Å²) in [6, 6.07) is 18.9. The minimum Gasteiger partial charge on any atom is -0.497 e. The molecule has 1 aromatic heterocycles. The Morgan fingerprint density at radius 3 is 2.47 bits per heavy atom. The Kier molecular flexibility index (Phi) is 5.70. The van der Waals surface area contributed by atoms with Crippen LogP contribution < -0.4 is 9.47 Å². The maximum Gasteiger partial charge on any atom is 0.131 e. The van der Waals surface area contributed by atoms with Crippen LogP contribution in [0.3, 0.4) is 0 Å². The van der Waals surface area contributed by atoms with Gasteiger partial charge in [-0.15, -0.1) is 0 Å². The molecule has 4 rings (SSSR count). The first kappa shape index (κ1) is 20.7. The van der Waals surface area contributed by atoms with Gasteiger partial charge in [0.05, 0.1) is 18.3 Å². The molecule has 0 saturated carbocycles. The van der Waals surface area contributed by atoms with Crippen molar-refractivity contribution >= 4 is 10.9 Å². The summed E-state index contributed by atoms with van der Waals surface area (Å²) in [6.45, 7) is 11.2. The number of likely N-dealkylation sites (N-methyl/N-ethyl adjacent to an activating group) is 1. The van der Waals surface area contributed by atoms with Gasteiger partial charge in [0.2, 0.25) is 0 Å². The largest absolute Gasteiger partial charge is 0.497 e. The number of rotatable bonds is 5. The van der Waals surface area contributed by atoms with E-state index in [1.54, 1.807) is 7.11 Å². The average Bonchev–Trinajstić information content (AvgIpc) is 3.17. The number of ether oxygens (including phenoxy) is 2. The van der Waals surface area contributed by atoms with E-state index in [4.69, 9.17) is 14.5 Å². The van der Waals surface area contributed by atoms with Gasteiger partial charge < -0.3 is 9.47 Å². The molecule has 2 atom stereocenters. The van der Waals surface area contributed by atoms with E-state index in [2.05, 4.69) is 56.9 Å². The van der Waals surface area contributed by atoms with E-state index in [9.17, 15) is 0 Å². The molecular weight excluding hydrogens is 372 g/mol. The molecule has 0 amide bonds. The molecule has 3 aromatic rings. The van der Waals surface area contributed by atoms with E-state index >= 15 is 0 Å². The van der Waals surface area contributed by atoms with Crippen LogP contribution in [0, 0.1) is 5.41 Å². The van der Waals surface area contributed by atoms with Crippen molar-refractivity contribution < 1.29 is 9.47 Å². The van der Waals surface area contributed by atoms with E-state index < -0.39 is 0 Å². The second-order valence-electron chi connectivity index (χ2n) is 9.20. The molecule has 30 heavy (non-hydrogen) atoms. The maximum absolute atomic E-state index is 6.66. The smallest absolute Gasteiger partial charge is 0.131 e. The topological polar surface area (TPSA) is 34.6 Å². The fourth-order valence-corrected chi connectivity index (χ4v) is 4.53. The van der Waals surface area contributed by atoms with Crippen LogP contribution >= 0.6 is 0 Å². The summed E-state index contributed by atoms with van der Waals surface area (Å²) in [5, 5.41) is 1.03. The Hall–Kier alpha value is -2.59. The predicted octanol–water partition coefficient (Wildman–Crippen LogP) is 5.80. The third kappa shape index (κ3) is 4.15. The van der Waals surface area contributed by atoms with Crippen LogP contribution in [0.1, 0.15) is 34.1 Å². The third-order valence-electron chi connectivity index (χ3n) is 6.11. The van der Waals surface area contributed by atoms with Gasteiger partial charge in [-0.05, 0) is 24.1 Å². The quantitative estimate of drug-likeness (QED) is 0.538. The van der Waals surface area contributed by atoms with Crippen LogP contribution in [0.2, 0.25) is 0 Å². The molecule has 0 N–H and O–H groups in total. The first-order chi connectivity index (χ1) is 14.4. The van der Waals surface area contributed by atoms with Crippen LogP contribution in [0.5, 0.6) is 11.5 Å². The molecule has 158 valence electrons. The van der Waals surface area contributed by atoms with Crippen molar-refractivity contribution in [2.75, 3.05) is 20.2 Å². The van der Waals surface area contributed by atoms with Crippen LogP contribution in [0.25, 0.3) is 22.2 Å². The lowest BCUT2D eigenvalue weighted by atomic mass is 9.85. The van der Waals surface area contributed by atoms with Crippen molar-refractivity contribution in [2.24, 2.45) is 5.41 Å². The Balaban J connectivity index is 1.72. The van der Waals surface area contributed by atoms with Gasteiger partial charge in [-0.1, -0.05) is 58.0 Å². The zero-order chi connectivity index (χ0) is 21.3. The minimum absolute atomic E-state index is 0.172. The number of nitrogens with zero attached hydrogens (tertiary/aromatic N) is 2. The lowest BCUT2D eigenvalue weighted by Gasteiger charge is -2.33. The van der Waals surface area contributed by atoms with E-state index in [0.717, 1.165) is 53.2 Å². The molecule has 1 fully saturated rings. The molecule has 2 unspecified atom stereocenters. The molecule has 2 heterocycles. The average molecular weight is 405 g/mol. The van der Waals surface area contributed by atoms with Gasteiger partial charge in [-0.3, -0.25) is 4.90 Å². The molecule has 0 aliphatic carbocycles. The molecule has 0 spiro atoms. The van der Waals surface area contributed by atoms with Crippen molar-refractivity contribution in [1.82, 2.24) is 9.88 Å². The molecule has 4 heteroatoms. The van der Waals surface area contributed by atoms with Crippen molar-refractivity contribution in [2.45, 2.75) is 46.3 Å². The van der Waals surface area contributed by atoms with Gasteiger partial charge in [0.15, 0.2) is 0 Å². The Morgan fingerprint density at radius 2 is 1.83 bits per heavy atom. The summed E-state index contributed by atoms with van der Waals surface area (Å²) in [5.74, 6) is 1.70. The third-order valence-corrected chi connectivity index (χ3v) is 6.11. The van der Waals surface area contributed by atoms with Crippen molar-refractivity contribution in [3.05, 3.63) is 54.6 Å². The first-order valence-electron chi connectivity index (χ1n) is 10.8. The molecule has 0 bridgehead atoms. The van der Waals surface area contributed by atoms with E-state index in [1.807, 2.05) is 30.3 Å². The molecule has 4 nitrogen and oxygen atoms in total. The minimum atomic E-state index is 0.172. The number of likely N-dealkylation sites (tertiary alicyclic amines) is 1. The van der Waals surface area contributed by atoms with Crippen LogP contribution in [-0.4, -0.2) is 42.2 Å². The summed E-state index contributed by atoms with van der Waals surface area (Å²) in [4.78, 5) is 7.45. The highest BCUT2D eigenvalue weighted by Gasteiger charge is 2.39. The number of aromatic nitrogens is 1. The van der Waals surface area contributed by atoms with E-state index in [1.165, 1.54) is 0 Å². The number of fused-ring (bicyclic) bond motifs is 1. The summed E-state index contributed by atoms with van der Waals surface area (Å²) >= 11 is 0. The molecule has 1 aliphatic heterocycles. The number of hydrogen-bond acceptors (Lipinski definition) is 4. The van der Waals surface area contributed by atoms with Gasteiger partial charge in [-0.2, -0.15) is 0 Å². The van der Waals surface area contributed by atoms with Gasteiger partial charge in [0.25, 0.3) is 0 Å². The summed E-state index contributed by atoms with van der Waals surface area (Å²) in [5.41, 5.74) is 3.13. The molecular formula is C26H32N2O2. The normalized spacial score (nSPS) is 19.9. The number of benzene rings is 2. The molecule has 2 aromatic carbocycles. The maximum atomic E-state index is 6.66. The van der Waals surface area contributed by atoms with Crippen LogP contribution in [-0.2, 0) is 0 Å². The van der Waals surface area contributed by atoms with E-state index in [0.29, 0.717) is 6.04 Å². The van der Waals surface area contributed by atoms with Crippen molar-refractivity contribution in [1.29, 1.82) is 0 Å². The van der Waals surface area contributed by atoms with Crippen molar-refractivity contribution in [3.8, 4) is 22.8 Å². The molecule has 1 saturated heterocycles. The summed E-state index contributed by atoms with van der Waals surface area (Å²) in [6.07, 6.45) is 1.21. The standard InChI is InChI=1S/C26H32N2O2/c1-6-28-17-20(15-25(28)26(2,3)4)30-24-16-22(18-10-8-7-9-11-18)27-23-14-19(29-5)12-13-21(23)24/h7-14,16,20,25H,6,15,17H2,1-5H3. The fourth-order valence-electron chi connectivity index (χ4n) is 4.53. The zero-order valence-corrected chi connectivity index (χ0v) is 18.7. The van der Waals surface area contributed by atoms with E-state index in [-0.39, 0.29) is 11.5 Å². The highest BCUT2D eigenvalue weighted by molar-refractivity contribution is 5.89. The first-order valence-corrected chi connectivity index (χ1v) is 10.8.